The summed E-state index contributed by atoms with van der Waals surface area (Å²) in [4.78, 5) is 49.9. The van der Waals surface area contributed by atoms with Gasteiger partial charge in [0.2, 0.25) is 0 Å². The van der Waals surface area contributed by atoms with E-state index in [0.717, 1.165) is 10.5 Å². The van der Waals surface area contributed by atoms with Crippen LogP contribution in [0.1, 0.15) is 46.0 Å². The fraction of sp³-hybridized carbons (Fsp3) is 0.273. The van der Waals surface area contributed by atoms with E-state index in [4.69, 9.17) is 4.74 Å². The van der Waals surface area contributed by atoms with Crippen molar-refractivity contribution in [3.63, 3.8) is 0 Å². The Bertz CT molecular complexity index is 917. The highest BCUT2D eigenvalue weighted by atomic mass is 16.5. The van der Waals surface area contributed by atoms with E-state index in [1.807, 2.05) is 19.1 Å². The van der Waals surface area contributed by atoms with Gasteiger partial charge in [-0.25, -0.2) is 0 Å². The number of benzene rings is 2. The molecule has 0 radical (unpaired) electrons. The Hall–Kier alpha value is -3.48. The summed E-state index contributed by atoms with van der Waals surface area (Å²) in [6, 6.07) is 13.9. The van der Waals surface area contributed by atoms with Crippen molar-refractivity contribution in [1.29, 1.82) is 0 Å². The van der Waals surface area contributed by atoms with Crippen LogP contribution < -0.4 is 5.32 Å². The molecular formula is C22H22N2O5. The molecule has 2 aromatic rings. The maximum atomic E-state index is 12.3. The molecule has 3 amide bonds. The number of rotatable bonds is 7. The summed E-state index contributed by atoms with van der Waals surface area (Å²) in [5, 5.41) is 2.68. The van der Waals surface area contributed by atoms with Crippen molar-refractivity contribution in [2.45, 2.75) is 32.8 Å². The van der Waals surface area contributed by atoms with Gasteiger partial charge in [-0.1, -0.05) is 29.8 Å². The molecule has 0 spiro atoms. The first kappa shape index (κ1) is 20.3. The normalized spacial score (nSPS) is 13.8. The maximum absolute atomic E-state index is 12.3. The minimum absolute atomic E-state index is 0.00441. The van der Waals surface area contributed by atoms with Crippen molar-refractivity contribution in [1.82, 2.24) is 4.90 Å². The third-order valence-electron chi connectivity index (χ3n) is 4.64. The second kappa shape index (κ2) is 8.68. The van der Waals surface area contributed by atoms with Crippen molar-refractivity contribution in [3.05, 3.63) is 65.2 Å². The molecule has 150 valence electrons. The van der Waals surface area contributed by atoms with E-state index < -0.39 is 18.0 Å². The van der Waals surface area contributed by atoms with E-state index in [2.05, 4.69) is 5.32 Å². The third kappa shape index (κ3) is 4.68. The molecule has 1 N–H and O–H groups in total. The summed E-state index contributed by atoms with van der Waals surface area (Å²) in [5.74, 6) is -1.70. The number of carbonyl (C=O) groups excluding carboxylic acids is 4. The number of ether oxygens (including phenoxy) is 1. The number of nitrogens with zero attached hydrogens (tertiary/aromatic N) is 1. The van der Waals surface area contributed by atoms with E-state index in [1.165, 1.54) is 6.92 Å². The minimum atomic E-state index is -0.955. The number of fused-ring (bicyclic) bond motifs is 1. The van der Waals surface area contributed by atoms with Crippen molar-refractivity contribution < 1.29 is 23.9 Å². The number of anilines is 1. The molecule has 0 unspecified atom stereocenters. The number of hydrogen-bond acceptors (Lipinski definition) is 5. The Labute approximate surface area is 168 Å². The van der Waals surface area contributed by atoms with Gasteiger partial charge in [0.05, 0.1) is 11.1 Å². The number of aryl methyl sites for hydroxylation is 1. The van der Waals surface area contributed by atoms with Crippen LogP contribution >= 0.6 is 0 Å². The molecule has 7 heteroatoms. The van der Waals surface area contributed by atoms with E-state index in [-0.39, 0.29) is 31.2 Å². The average Bonchev–Trinajstić information content (AvgIpc) is 2.95. The molecule has 1 aliphatic rings. The van der Waals surface area contributed by atoms with Crippen LogP contribution in [-0.4, -0.2) is 41.2 Å². The minimum Gasteiger partial charge on any atom is -0.453 e. The number of nitrogens with one attached hydrogen (secondary N) is 1. The Morgan fingerprint density at radius 1 is 1.00 bits per heavy atom. The molecule has 0 saturated carbocycles. The van der Waals surface area contributed by atoms with Crippen LogP contribution in [0.25, 0.3) is 0 Å². The standard InChI is InChI=1S/C22H22N2O5/c1-14-9-11-16(12-10-14)23-20(26)15(2)29-19(25)8-5-13-24-21(27)17-6-3-4-7-18(17)22(24)28/h3-4,6-7,9-12,15H,5,8,13H2,1-2H3,(H,23,26)/t15-/m1/s1. The monoisotopic (exact) mass is 394 g/mol. The van der Waals surface area contributed by atoms with E-state index in [1.54, 1.807) is 36.4 Å². The second-order valence-corrected chi connectivity index (χ2v) is 6.90. The molecular weight excluding hydrogens is 372 g/mol. The first-order chi connectivity index (χ1) is 13.9. The summed E-state index contributed by atoms with van der Waals surface area (Å²) in [6.45, 7) is 3.55. The number of carbonyl (C=O) groups is 4. The summed E-state index contributed by atoms with van der Waals surface area (Å²) in [5.41, 5.74) is 2.44. The van der Waals surface area contributed by atoms with Gasteiger partial charge in [-0.15, -0.1) is 0 Å². The molecule has 3 rings (SSSR count). The number of amides is 3. The van der Waals surface area contributed by atoms with E-state index >= 15 is 0 Å². The zero-order valence-electron chi connectivity index (χ0n) is 16.3. The fourth-order valence-electron chi connectivity index (χ4n) is 3.01. The smallest absolute Gasteiger partial charge is 0.306 e. The summed E-state index contributed by atoms with van der Waals surface area (Å²) in [7, 11) is 0. The lowest BCUT2D eigenvalue weighted by molar-refractivity contribution is -0.153. The van der Waals surface area contributed by atoms with Gasteiger partial charge in [-0.05, 0) is 44.5 Å². The van der Waals surface area contributed by atoms with E-state index in [9.17, 15) is 19.2 Å². The number of imide groups is 1. The van der Waals surface area contributed by atoms with Crippen LogP contribution in [0.3, 0.4) is 0 Å². The molecule has 0 aromatic heterocycles. The highest BCUT2D eigenvalue weighted by Crippen LogP contribution is 2.22. The van der Waals surface area contributed by atoms with Gasteiger partial charge >= 0.3 is 5.97 Å². The highest BCUT2D eigenvalue weighted by Gasteiger charge is 2.34. The highest BCUT2D eigenvalue weighted by molar-refractivity contribution is 6.21. The Morgan fingerprint density at radius 2 is 1.59 bits per heavy atom. The van der Waals surface area contributed by atoms with Gasteiger partial charge in [-0.3, -0.25) is 24.1 Å². The van der Waals surface area contributed by atoms with Crippen molar-refractivity contribution in [3.8, 4) is 0 Å². The van der Waals surface area contributed by atoms with Gasteiger partial charge in [0.15, 0.2) is 6.10 Å². The molecule has 1 heterocycles. The van der Waals surface area contributed by atoms with Crippen LogP contribution in [0.2, 0.25) is 0 Å². The zero-order chi connectivity index (χ0) is 21.0. The molecule has 1 atom stereocenters. The van der Waals surface area contributed by atoms with Crippen LogP contribution in [0.15, 0.2) is 48.5 Å². The van der Waals surface area contributed by atoms with Crippen molar-refractivity contribution >= 4 is 29.4 Å². The molecule has 0 fully saturated rings. The molecule has 1 aliphatic heterocycles. The SMILES string of the molecule is Cc1ccc(NC(=O)[C@@H](C)OC(=O)CCCN2C(=O)c3ccccc3C2=O)cc1. The largest absolute Gasteiger partial charge is 0.453 e. The first-order valence-corrected chi connectivity index (χ1v) is 9.39. The average molecular weight is 394 g/mol. The van der Waals surface area contributed by atoms with Crippen LogP contribution in [-0.2, 0) is 14.3 Å². The third-order valence-corrected chi connectivity index (χ3v) is 4.64. The molecule has 0 bridgehead atoms. The van der Waals surface area contributed by atoms with Gasteiger partial charge in [0.25, 0.3) is 17.7 Å². The van der Waals surface area contributed by atoms with Gasteiger partial charge in [0.1, 0.15) is 0 Å². The number of esters is 1. The van der Waals surface area contributed by atoms with Crippen molar-refractivity contribution in [2.24, 2.45) is 0 Å². The molecule has 0 aliphatic carbocycles. The molecule has 0 saturated heterocycles. The number of hydrogen-bond donors (Lipinski definition) is 1. The van der Waals surface area contributed by atoms with Crippen molar-refractivity contribution in [2.75, 3.05) is 11.9 Å². The van der Waals surface area contributed by atoms with Crippen LogP contribution in [0.4, 0.5) is 5.69 Å². The first-order valence-electron chi connectivity index (χ1n) is 9.39. The lowest BCUT2D eigenvalue weighted by Gasteiger charge is -2.15. The molecule has 7 nitrogen and oxygen atoms in total. The van der Waals surface area contributed by atoms with Gasteiger partial charge < -0.3 is 10.1 Å². The lowest BCUT2D eigenvalue weighted by atomic mass is 10.1. The summed E-state index contributed by atoms with van der Waals surface area (Å²) < 4.78 is 5.15. The van der Waals surface area contributed by atoms with E-state index in [0.29, 0.717) is 16.8 Å². The predicted molar refractivity (Wildman–Crippen MR) is 106 cm³/mol. The molecule has 2 aromatic carbocycles. The predicted octanol–water partition coefficient (Wildman–Crippen LogP) is 2.94. The summed E-state index contributed by atoms with van der Waals surface area (Å²) in [6.07, 6.45) is -0.699. The Kier molecular flexibility index (Phi) is 6.07. The topological polar surface area (TPSA) is 92.8 Å². The second-order valence-electron chi connectivity index (χ2n) is 6.90. The summed E-state index contributed by atoms with van der Waals surface area (Å²) >= 11 is 0. The maximum Gasteiger partial charge on any atom is 0.306 e. The van der Waals surface area contributed by atoms with Crippen LogP contribution in [0, 0.1) is 6.92 Å². The fourth-order valence-corrected chi connectivity index (χ4v) is 3.01. The Morgan fingerprint density at radius 3 is 2.17 bits per heavy atom. The van der Waals surface area contributed by atoms with Crippen LogP contribution in [0.5, 0.6) is 0 Å². The Balaban J connectivity index is 1.44. The van der Waals surface area contributed by atoms with Gasteiger partial charge in [-0.2, -0.15) is 0 Å². The quantitative estimate of drug-likeness (QED) is 0.576. The zero-order valence-corrected chi connectivity index (χ0v) is 16.3. The lowest BCUT2D eigenvalue weighted by Crippen LogP contribution is -2.32. The molecule has 29 heavy (non-hydrogen) atoms. The van der Waals surface area contributed by atoms with Gasteiger partial charge in [0, 0.05) is 18.7 Å².